The minimum Gasteiger partial charge on any atom is -0.493 e. The molecule has 11 heteroatoms. The standard InChI is InChI=1S/C34H39ClN2O8/c1-20-8-6-9-21(12-15-29(40)41)30(20)36-28(39)17-27-33(42)37(18-34(2,3)19-38)25-14-13-22(35)16-24(25)31(45-27)23-10-7-11-26(43-4)32(23)44-5/h6-11,13-14,16,27,31,38H,12,15,17-19H2,1-5H3,(H,36,39)(H,40,41)/t27-,31-/m1/s1. The van der Waals surface area contributed by atoms with Gasteiger partial charge in [-0.15, -0.1) is 0 Å². The van der Waals surface area contributed by atoms with Crippen LogP contribution in [0.15, 0.2) is 54.6 Å². The van der Waals surface area contributed by atoms with Gasteiger partial charge in [0, 0.05) is 52.5 Å². The van der Waals surface area contributed by atoms with E-state index in [-0.39, 0.29) is 32.4 Å². The maximum atomic E-state index is 14.3. The predicted octanol–water partition coefficient (Wildman–Crippen LogP) is 5.55. The van der Waals surface area contributed by atoms with Crippen molar-refractivity contribution >= 4 is 40.8 Å². The highest BCUT2D eigenvalue weighted by Crippen LogP contribution is 2.45. The van der Waals surface area contributed by atoms with E-state index in [1.807, 2.05) is 26.8 Å². The van der Waals surface area contributed by atoms with E-state index in [2.05, 4.69) is 5.32 Å². The number of nitrogens with one attached hydrogen (secondary N) is 1. The van der Waals surface area contributed by atoms with Gasteiger partial charge in [0.1, 0.15) is 12.2 Å². The van der Waals surface area contributed by atoms with Crippen LogP contribution in [0.4, 0.5) is 11.4 Å². The summed E-state index contributed by atoms with van der Waals surface area (Å²) in [7, 11) is 3.03. The molecule has 0 bridgehead atoms. The van der Waals surface area contributed by atoms with Crippen LogP contribution in [0.5, 0.6) is 11.5 Å². The zero-order valence-electron chi connectivity index (χ0n) is 26.1. The fourth-order valence-electron chi connectivity index (χ4n) is 5.42. The minimum absolute atomic E-state index is 0.100. The first-order valence-corrected chi connectivity index (χ1v) is 14.9. The Hall–Kier alpha value is -4.12. The Balaban J connectivity index is 1.79. The van der Waals surface area contributed by atoms with Crippen molar-refractivity contribution in [2.24, 2.45) is 5.41 Å². The lowest BCUT2D eigenvalue weighted by Gasteiger charge is -2.32. The number of aryl methyl sites for hydroxylation is 2. The fraction of sp³-hybridized carbons (Fsp3) is 0.382. The molecule has 240 valence electrons. The van der Waals surface area contributed by atoms with Gasteiger partial charge in [-0.2, -0.15) is 0 Å². The van der Waals surface area contributed by atoms with Crippen LogP contribution >= 0.6 is 11.6 Å². The Morgan fingerprint density at radius 3 is 2.47 bits per heavy atom. The number of amides is 2. The van der Waals surface area contributed by atoms with Crippen molar-refractivity contribution in [1.82, 2.24) is 0 Å². The summed E-state index contributed by atoms with van der Waals surface area (Å²) in [6.07, 6.45) is -2.36. The van der Waals surface area contributed by atoms with Gasteiger partial charge in [0.25, 0.3) is 5.91 Å². The highest BCUT2D eigenvalue weighted by molar-refractivity contribution is 6.30. The van der Waals surface area contributed by atoms with Crippen molar-refractivity contribution in [3.05, 3.63) is 81.9 Å². The van der Waals surface area contributed by atoms with Crippen molar-refractivity contribution in [1.29, 1.82) is 0 Å². The summed E-state index contributed by atoms with van der Waals surface area (Å²) in [5.41, 5.74) is 2.92. The number of carbonyl (C=O) groups is 3. The van der Waals surface area contributed by atoms with Crippen molar-refractivity contribution < 1.29 is 38.8 Å². The number of methoxy groups -OCH3 is 2. The molecule has 4 rings (SSSR count). The van der Waals surface area contributed by atoms with Gasteiger partial charge in [0.05, 0.1) is 20.6 Å². The smallest absolute Gasteiger partial charge is 0.303 e. The van der Waals surface area contributed by atoms with Crippen LogP contribution in [0.25, 0.3) is 0 Å². The van der Waals surface area contributed by atoms with E-state index >= 15 is 0 Å². The molecule has 45 heavy (non-hydrogen) atoms. The topological polar surface area (TPSA) is 135 Å². The van der Waals surface area contributed by atoms with Crippen LogP contribution in [-0.2, 0) is 25.5 Å². The van der Waals surface area contributed by atoms with E-state index in [1.54, 1.807) is 53.4 Å². The summed E-state index contributed by atoms with van der Waals surface area (Å²) in [6.45, 7) is 5.44. The Morgan fingerprint density at radius 2 is 1.80 bits per heavy atom. The monoisotopic (exact) mass is 638 g/mol. The number of carboxylic acids is 1. The lowest BCUT2D eigenvalue weighted by Crippen LogP contribution is -2.46. The molecule has 0 unspecified atom stereocenters. The summed E-state index contributed by atoms with van der Waals surface area (Å²) >= 11 is 6.49. The molecule has 3 aromatic carbocycles. The Kier molecular flexibility index (Phi) is 10.7. The van der Waals surface area contributed by atoms with Gasteiger partial charge in [-0.05, 0) is 48.7 Å². The van der Waals surface area contributed by atoms with Crippen molar-refractivity contribution in [3.63, 3.8) is 0 Å². The van der Waals surface area contributed by atoms with E-state index in [1.165, 1.54) is 14.2 Å². The maximum Gasteiger partial charge on any atom is 0.303 e. The number of hydrogen-bond acceptors (Lipinski definition) is 7. The number of para-hydroxylation sites is 2. The van der Waals surface area contributed by atoms with Crippen LogP contribution < -0.4 is 19.7 Å². The summed E-state index contributed by atoms with van der Waals surface area (Å²) in [5.74, 6) is -1.04. The van der Waals surface area contributed by atoms with Crippen molar-refractivity contribution in [3.8, 4) is 11.5 Å². The number of benzene rings is 3. The second kappa shape index (κ2) is 14.3. The third-order valence-corrected chi connectivity index (χ3v) is 7.97. The molecule has 3 aromatic rings. The normalized spacial score (nSPS) is 16.5. The number of fused-ring (bicyclic) bond motifs is 1. The van der Waals surface area contributed by atoms with Gasteiger partial charge in [0.2, 0.25) is 5.91 Å². The fourth-order valence-corrected chi connectivity index (χ4v) is 5.60. The molecule has 1 heterocycles. The number of nitrogens with zero attached hydrogens (tertiary/aromatic N) is 1. The molecule has 2 amide bonds. The number of aliphatic carboxylic acids is 1. The number of halogens is 1. The summed E-state index contributed by atoms with van der Waals surface area (Å²) in [5, 5.41) is 22.6. The van der Waals surface area contributed by atoms with E-state index in [9.17, 15) is 24.6 Å². The van der Waals surface area contributed by atoms with E-state index in [0.717, 1.165) is 5.56 Å². The van der Waals surface area contributed by atoms with Gasteiger partial charge in [0.15, 0.2) is 11.5 Å². The molecule has 0 saturated heterocycles. The molecule has 10 nitrogen and oxygen atoms in total. The number of carboxylic acid groups (broad SMARTS) is 1. The summed E-state index contributed by atoms with van der Waals surface area (Å²) in [6, 6.07) is 15.8. The minimum atomic E-state index is -1.25. The van der Waals surface area contributed by atoms with Crippen LogP contribution in [0.1, 0.15) is 55.0 Å². The summed E-state index contributed by atoms with van der Waals surface area (Å²) < 4.78 is 17.8. The zero-order chi connectivity index (χ0) is 32.9. The highest BCUT2D eigenvalue weighted by Gasteiger charge is 2.40. The van der Waals surface area contributed by atoms with Gasteiger partial charge >= 0.3 is 5.97 Å². The maximum absolute atomic E-state index is 14.3. The SMILES string of the molecule is COc1cccc([C@H]2O[C@H](CC(=O)Nc3c(C)cccc3CCC(=O)O)C(=O)N(CC(C)(C)CO)c3ccc(Cl)cc32)c1OC. The molecule has 2 atom stereocenters. The molecular weight excluding hydrogens is 600 g/mol. The van der Waals surface area contributed by atoms with Crippen LogP contribution in [0, 0.1) is 12.3 Å². The number of ether oxygens (including phenoxy) is 3. The first kappa shape index (κ1) is 33.8. The van der Waals surface area contributed by atoms with E-state index in [4.69, 9.17) is 25.8 Å². The molecule has 1 aliphatic rings. The average molecular weight is 639 g/mol. The molecule has 0 fully saturated rings. The van der Waals surface area contributed by atoms with E-state index in [0.29, 0.717) is 44.6 Å². The molecule has 3 N–H and O–H groups in total. The number of hydrogen-bond donors (Lipinski definition) is 3. The van der Waals surface area contributed by atoms with Gasteiger partial charge in [-0.1, -0.05) is 55.8 Å². The molecule has 0 saturated carbocycles. The average Bonchev–Trinajstić information content (AvgIpc) is 3.11. The number of aliphatic hydroxyl groups is 1. The lowest BCUT2D eigenvalue weighted by molar-refractivity contribution is -0.137. The number of rotatable bonds is 12. The first-order chi connectivity index (χ1) is 21.4. The summed E-state index contributed by atoms with van der Waals surface area (Å²) in [4.78, 5) is 40.7. The second-order valence-corrected chi connectivity index (χ2v) is 12.2. The van der Waals surface area contributed by atoms with Crippen molar-refractivity contribution in [2.75, 3.05) is 37.6 Å². The largest absolute Gasteiger partial charge is 0.493 e. The number of anilines is 2. The molecule has 0 radical (unpaired) electrons. The second-order valence-electron chi connectivity index (χ2n) is 11.8. The molecule has 1 aliphatic heterocycles. The van der Waals surface area contributed by atoms with Crippen LogP contribution in [0.3, 0.4) is 0 Å². The highest BCUT2D eigenvalue weighted by atomic mass is 35.5. The van der Waals surface area contributed by atoms with Crippen LogP contribution in [0.2, 0.25) is 5.02 Å². The van der Waals surface area contributed by atoms with Crippen LogP contribution in [-0.4, -0.2) is 61.5 Å². The number of carbonyl (C=O) groups excluding carboxylic acids is 2. The van der Waals surface area contributed by atoms with Gasteiger partial charge < -0.3 is 34.6 Å². The quantitative estimate of drug-likeness (QED) is 0.235. The zero-order valence-corrected chi connectivity index (χ0v) is 26.8. The Bertz CT molecular complexity index is 1570. The molecule has 0 aliphatic carbocycles. The Labute approximate surface area is 267 Å². The van der Waals surface area contributed by atoms with E-state index < -0.39 is 35.4 Å². The third-order valence-electron chi connectivity index (χ3n) is 7.74. The Morgan fingerprint density at radius 1 is 1.07 bits per heavy atom. The first-order valence-electron chi connectivity index (χ1n) is 14.6. The molecule has 0 aromatic heterocycles. The molecule has 0 spiro atoms. The third kappa shape index (κ3) is 7.76. The van der Waals surface area contributed by atoms with Gasteiger partial charge in [-0.25, -0.2) is 0 Å². The number of aliphatic hydroxyl groups excluding tert-OH is 1. The predicted molar refractivity (Wildman–Crippen MR) is 171 cm³/mol. The van der Waals surface area contributed by atoms with Gasteiger partial charge in [-0.3, -0.25) is 14.4 Å². The van der Waals surface area contributed by atoms with Crippen molar-refractivity contribution in [2.45, 2.75) is 52.2 Å². The molecular formula is C34H39ClN2O8. The lowest BCUT2D eigenvalue weighted by atomic mass is 9.92.